The second kappa shape index (κ2) is 5.61. The molecule has 0 amide bonds. The van der Waals surface area contributed by atoms with Crippen LogP contribution in [-0.2, 0) is 5.60 Å². The van der Waals surface area contributed by atoms with E-state index in [1.807, 2.05) is 0 Å². The van der Waals surface area contributed by atoms with E-state index in [0.29, 0.717) is 16.9 Å². The molecule has 1 atom stereocenters. The van der Waals surface area contributed by atoms with Crippen molar-refractivity contribution >= 4 is 34.2 Å². The van der Waals surface area contributed by atoms with Gasteiger partial charge < -0.3 is 5.11 Å². The summed E-state index contributed by atoms with van der Waals surface area (Å²) in [5.74, 6) is -0.442. The Morgan fingerprint density at radius 2 is 2.06 bits per heavy atom. The van der Waals surface area contributed by atoms with E-state index in [4.69, 9.17) is 11.6 Å². The van der Waals surface area contributed by atoms with Gasteiger partial charge in [-0.1, -0.05) is 40.3 Å². The number of halogens is 3. The zero-order valence-corrected chi connectivity index (χ0v) is 13.1. The van der Waals surface area contributed by atoms with Crippen molar-refractivity contribution in [3.63, 3.8) is 0 Å². The van der Waals surface area contributed by atoms with Crippen molar-refractivity contribution in [1.29, 1.82) is 0 Å². The van der Waals surface area contributed by atoms with Crippen molar-refractivity contribution in [2.75, 3.05) is 13.1 Å². The molecule has 1 aliphatic heterocycles. The molecule has 1 aliphatic rings. The van der Waals surface area contributed by atoms with Crippen molar-refractivity contribution in [1.82, 2.24) is 4.90 Å². The van der Waals surface area contributed by atoms with Crippen molar-refractivity contribution in [3.05, 3.63) is 34.6 Å². The van der Waals surface area contributed by atoms with Crippen LogP contribution >= 0.6 is 34.2 Å². The second-order valence-electron chi connectivity index (χ2n) is 4.77. The largest absolute Gasteiger partial charge is 0.385 e. The Labute approximate surface area is 125 Å². The lowest BCUT2D eigenvalue weighted by Gasteiger charge is -2.39. The van der Waals surface area contributed by atoms with Crippen LogP contribution in [0.15, 0.2) is 18.2 Å². The summed E-state index contributed by atoms with van der Waals surface area (Å²) in [6, 6.07) is 4.49. The standard InChI is InChI=1S/C13H16ClFINO/c1-9(16)17-6-4-13(18,5-7-17)10-2-3-12(15)11(14)8-10/h2-3,8-9,18H,4-7H2,1H3. The minimum atomic E-state index is -0.876. The van der Waals surface area contributed by atoms with Crippen LogP contribution in [0.4, 0.5) is 4.39 Å². The maximum atomic E-state index is 13.1. The average Bonchev–Trinajstić information content (AvgIpc) is 2.33. The normalized spacial score (nSPS) is 21.8. The first-order valence-electron chi connectivity index (χ1n) is 5.98. The van der Waals surface area contributed by atoms with Crippen molar-refractivity contribution < 1.29 is 9.50 Å². The minimum absolute atomic E-state index is 0.0746. The SMILES string of the molecule is CC(I)N1CCC(O)(c2ccc(F)c(Cl)c2)CC1. The second-order valence-corrected chi connectivity index (χ2v) is 6.98. The molecule has 0 radical (unpaired) electrons. The van der Waals surface area contributed by atoms with Gasteiger partial charge in [0.15, 0.2) is 0 Å². The highest BCUT2D eigenvalue weighted by atomic mass is 127. The summed E-state index contributed by atoms with van der Waals surface area (Å²) in [4.78, 5) is 2.32. The Hall–Kier alpha value is 0.0900. The molecule has 1 saturated heterocycles. The number of alkyl halides is 1. The molecule has 1 heterocycles. The third-order valence-corrected chi connectivity index (χ3v) is 4.66. The Morgan fingerprint density at radius 1 is 1.44 bits per heavy atom. The third-order valence-electron chi connectivity index (χ3n) is 3.59. The molecule has 1 fully saturated rings. The van der Waals surface area contributed by atoms with E-state index in [0.717, 1.165) is 18.7 Å². The summed E-state index contributed by atoms with van der Waals surface area (Å²) in [7, 11) is 0. The van der Waals surface area contributed by atoms with Gasteiger partial charge in [0.25, 0.3) is 0 Å². The predicted molar refractivity (Wildman–Crippen MR) is 79.6 cm³/mol. The molecule has 1 unspecified atom stereocenters. The van der Waals surface area contributed by atoms with Crippen LogP contribution in [0.25, 0.3) is 0 Å². The molecule has 1 aromatic rings. The molecule has 1 N–H and O–H groups in total. The molecule has 0 bridgehead atoms. The zero-order valence-electron chi connectivity index (χ0n) is 10.2. The van der Waals surface area contributed by atoms with Gasteiger partial charge in [0.05, 0.1) is 14.7 Å². The van der Waals surface area contributed by atoms with Crippen LogP contribution in [0.3, 0.4) is 0 Å². The fraction of sp³-hybridized carbons (Fsp3) is 0.538. The highest BCUT2D eigenvalue weighted by molar-refractivity contribution is 14.1. The Morgan fingerprint density at radius 3 is 2.56 bits per heavy atom. The average molecular weight is 384 g/mol. The number of rotatable bonds is 2. The minimum Gasteiger partial charge on any atom is -0.385 e. The number of hydrogen-bond donors (Lipinski definition) is 1. The van der Waals surface area contributed by atoms with Crippen molar-refractivity contribution in [2.45, 2.75) is 29.4 Å². The van der Waals surface area contributed by atoms with Gasteiger partial charge >= 0.3 is 0 Å². The first kappa shape index (κ1) is 14.5. The molecular formula is C13H16ClFINO. The van der Waals surface area contributed by atoms with Gasteiger partial charge in [-0.3, -0.25) is 4.90 Å². The van der Waals surface area contributed by atoms with Gasteiger partial charge in [-0.2, -0.15) is 0 Å². The van der Waals surface area contributed by atoms with Crippen LogP contribution in [-0.4, -0.2) is 27.1 Å². The smallest absolute Gasteiger partial charge is 0.141 e. The van der Waals surface area contributed by atoms with Gasteiger partial charge in [-0.15, -0.1) is 0 Å². The predicted octanol–water partition coefficient (Wildman–Crippen LogP) is 3.54. The quantitative estimate of drug-likeness (QED) is 0.480. The van der Waals surface area contributed by atoms with Gasteiger partial charge in [-0.25, -0.2) is 4.39 Å². The third kappa shape index (κ3) is 2.98. The molecule has 0 saturated carbocycles. The maximum absolute atomic E-state index is 13.1. The fourth-order valence-corrected chi connectivity index (χ4v) is 3.06. The maximum Gasteiger partial charge on any atom is 0.141 e. The monoisotopic (exact) mass is 383 g/mol. The van der Waals surface area contributed by atoms with Crippen LogP contribution in [0.1, 0.15) is 25.3 Å². The van der Waals surface area contributed by atoms with Crippen molar-refractivity contribution in [3.8, 4) is 0 Å². The van der Waals surface area contributed by atoms with Crippen LogP contribution in [0, 0.1) is 5.82 Å². The summed E-state index contributed by atoms with van der Waals surface area (Å²) < 4.78 is 13.6. The van der Waals surface area contributed by atoms with Crippen molar-refractivity contribution in [2.24, 2.45) is 0 Å². The first-order valence-corrected chi connectivity index (χ1v) is 7.61. The molecule has 0 aliphatic carbocycles. The van der Waals surface area contributed by atoms with Gasteiger partial charge in [0, 0.05) is 13.1 Å². The fourth-order valence-electron chi connectivity index (χ4n) is 2.32. The number of likely N-dealkylation sites (tertiary alicyclic amines) is 1. The zero-order chi connectivity index (χ0) is 13.3. The van der Waals surface area contributed by atoms with E-state index < -0.39 is 11.4 Å². The summed E-state index contributed by atoms with van der Waals surface area (Å²) in [5.41, 5.74) is -0.158. The first-order chi connectivity index (χ1) is 8.42. The molecule has 100 valence electrons. The Kier molecular flexibility index (Phi) is 4.52. The Bertz CT molecular complexity index is 433. The van der Waals surface area contributed by atoms with Gasteiger partial charge in [0.1, 0.15) is 5.82 Å². The summed E-state index contributed by atoms with van der Waals surface area (Å²) in [5, 5.41) is 10.7. The molecular weight excluding hydrogens is 368 g/mol. The molecule has 18 heavy (non-hydrogen) atoms. The van der Waals surface area contributed by atoms with Crippen LogP contribution in [0.5, 0.6) is 0 Å². The molecule has 1 aromatic carbocycles. The number of aliphatic hydroxyl groups is 1. The van der Waals surface area contributed by atoms with E-state index in [-0.39, 0.29) is 5.02 Å². The number of piperidine rings is 1. The number of nitrogens with zero attached hydrogens (tertiary/aromatic N) is 1. The number of benzene rings is 1. The van der Waals surface area contributed by atoms with E-state index in [9.17, 15) is 9.50 Å². The molecule has 2 rings (SSSR count). The molecule has 2 nitrogen and oxygen atoms in total. The summed E-state index contributed by atoms with van der Waals surface area (Å²) in [6.45, 7) is 3.82. The molecule has 5 heteroatoms. The molecule has 0 aromatic heterocycles. The lowest BCUT2D eigenvalue weighted by Crippen LogP contribution is -2.44. The topological polar surface area (TPSA) is 23.5 Å². The highest BCUT2D eigenvalue weighted by Gasteiger charge is 2.35. The number of hydrogen-bond acceptors (Lipinski definition) is 2. The lowest BCUT2D eigenvalue weighted by molar-refractivity contribution is -0.0260. The van der Waals surface area contributed by atoms with Crippen LogP contribution < -0.4 is 0 Å². The molecule has 0 spiro atoms. The van der Waals surface area contributed by atoms with E-state index in [1.54, 1.807) is 12.1 Å². The van der Waals surface area contributed by atoms with Crippen LogP contribution in [0.2, 0.25) is 5.02 Å². The lowest BCUT2D eigenvalue weighted by atomic mass is 9.84. The van der Waals surface area contributed by atoms with E-state index >= 15 is 0 Å². The Balaban J connectivity index is 2.15. The highest BCUT2D eigenvalue weighted by Crippen LogP contribution is 2.35. The van der Waals surface area contributed by atoms with E-state index in [2.05, 4.69) is 34.4 Å². The van der Waals surface area contributed by atoms with Gasteiger partial charge in [0.2, 0.25) is 0 Å². The summed E-state index contributed by atoms with van der Waals surface area (Å²) in [6.07, 6.45) is 1.31. The summed E-state index contributed by atoms with van der Waals surface area (Å²) >= 11 is 8.15. The van der Waals surface area contributed by atoms with Gasteiger partial charge in [-0.05, 0) is 37.5 Å². The van der Waals surface area contributed by atoms with E-state index in [1.165, 1.54) is 6.07 Å².